The van der Waals surface area contributed by atoms with Crippen LogP contribution in [0.15, 0.2) is 127 Å². The first-order valence-corrected chi connectivity index (χ1v) is 15.7. The number of phenols is 1. The van der Waals surface area contributed by atoms with E-state index in [9.17, 15) is 9.67 Å². The number of aryl methyl sites for hydroxylation is 1. The van der Waals surface area contributed by atoms with Gasteiger partial charge in [-0.15, -0.1) is 0 Å². The lowest BCUT2D eigenvalue weighted by Gasteiger charge is -2.27. The number of phosphoric ester groups is 1. The van der Waals surface area contributed by atoms with Crippen LogP contribution in [0.25, 0.3) is 0 Å². The lowest BCUT2D eigenvalue weighted by atomic mass is 9.78. The zero-order chi connectivity index (χ0) is 30.7. The van der Waals surface area contributed by atoms with Crippen molar-refractivity contribution in [1.82, 2.24) is 0 Å². The van der Waals surface area contributed by atoms with Crippen molar-refractivity contribution in [2.75, 3.05) is 0 Å². The number of rotatable bonds is 10. The topological polar surface area (TPSA) is 65.0 Å². The fourth-order valence-electron chi connectivity index (χ4n) is 4.97. The van der Waals surface area contributed by atoms with E-state index in [0.717, 1.165) is 16.7 Å². The number of para-hydroxylation sites is 1. The fourth-order valence-corrected chi connectivity index (χ4v) is 6.22. The van der Waals surface area contributed by atoms with Gasteiger partial charge in [0, 0.05) is 10.8 Å². The first-order valence-electron chi connectivity index (χ1n) is 14.3. The van der Waals surface area contributed by atoms with Gasteiger partial charge in [-0.25, -0.2) is 0 Å². The van der Waals surface area contributed by atoms with Crippen LogP contribution >= 0.6 is 7.82 Å². The molecule has 220 valence electrons. The Labute approximate surface area is 254 Å². The lowest BCUT2D eigenvalue weighted by molar-refractivity contribution is 0.298. The molecule has 0 spiro atoms. The molecular formula is C37H37O5P. The quantitative estimate of drug-likeness (QED) is 0.164. The molecule has 0 fully saturated rings. The summed E-state index contributed by atoms with van der Waals surface area (Å²) < 4.78 is 31.9. The van der Waals surface area contributed by atoms with Gasteiger partial charge in [0.05, 0.1) is 0 Å². The zero-order valence-electron chi connectivity index (χ0n) is 25.2. The zero-order valence-corrected chi connectivity index (χ0v) is 26.0. The van der Waals surface area contributed by atoms with Crippen molar-refractivity contribution in [1.29, 1.82) is 0 Å². The predicted octanol–water partition coefficient (Wildman–Crippen LogP) is 10.00. The molecule has 1 unspecified atom stereocenters. The summed E-state index contributed by atoms with van der Waals surface area (Å²) >= 11 is 0. The van der Waals surface area contributed by atoms with E-state index in [1.165, 1.54) is 11.1 Å². The van der Waals surface area contributed by atoms with E-state index in [-0.39, 0.29) is 16.6 Å². The summed E-state index contributed by atoms with van der Waals surface area (Å²) in [6.07, 6.45) is 0. The van der Waals surface area contributed by atoms with Crippen molar-refractivity contribution in [2.24, 2.45) is 0 Å². The first-order chi connectivity index (χ1) is 20.4. The van der Waals surface area contributed by atoms with E-state index in [4.69, 9.17) is 13.6 Å². The van der Waals surface area contributed by atoms with E-state index in [1.807, 2.05) is 42.5 Å². The van der Waals surface area contributed by atoms with Crippen LogP contribution in [0.1, 0.15) is 55.5 Å². The highest BCUT2D eigenvalue weighted by atomic mass is 31.2. The first kappa shape index (κ1) is 30.0. The minimum Gasteiger partial charge on any atom is -0.508 e. The minimum atomic E-state index is -4.15. The number of hydrogen-bond donors (Lipinski definition) is 1. The second kappa shape index (κ2) is 12.0. The molecule has 0 amide bonds. The van der Waals surface area contributed by atoms with E-state index in [1.54, 1.807) is 60.7 Å². The molecule has 0 aliphatic heterocycles. The van der Waals surface area contributed by atoms with E-state index < -0.39 is 7.82 Å². The molecule has 5 aromatic carbocycles. The number of phosphoric acid groups is 1. The number of aromatic hydroxyl groups is 1. The van der Waals surface area contributed by atoms with Gasteiger partial charge in [-0.05, 0) is 77.7 Å². The molecule has 0 saturated carbocycles. The van der Waals surface area contributed by atoms with Gasteiger partial charge >= 0.3 is 7.82 Å². The number of benzene rings is 5. The van der Waals surface area contributed by atoms with Gasteiger partial charge in [0.15, 0.2) is 0 Å². The maximum absolute atomic E-state index is 14.1. The summed E-state index contributed by atoms with van der Waals surface area (Å²) in [5, 5.41) is 9.69. The van der Waals surface area contributed by atoms with Gasteiger partial charge < -0.3 is 18.7 Å². The normalized spacial score (nSPS) is 13.1. The molecule has 43 heavy (non-hydrogen) atoms. The molecule has 0 aliphatic carbocycles. The highest BCUT2D eigenvalue weighted by Crippen LogP contribution is 2.50. The molecule has 0 saturated heterocycles. The third-order valence-corrected chi connectivity index (χ3v) is 9.21. The van der Waals surface area contributed by atoms with Gasteiger partial charge in [0.25, 0.3) is 0 Å². The summed E-state index contributed by atoms with van der Waals surface area (Å²) in [5.41, 5.74) is 5.02. The Morgan fingerprint density at radius 1 is 0.488 bits per heavy atom. The van der Waals surface area contributed by atoms with E-state index in [0.29, 0.717) is 17.2 Å². The largest absolute Gasteiger partial charge is 0.647 e. The molecule has 0 bridgehead atoms. The van der Waals surface area contributed by atoms with Gasteiger partial charge in [-0.3, -0.25) is 0 Å². The van der Waals surface area contributed by atoms with Crippen LogP contribution in [-0.2, 0) is 15.4 Å². The van der Waals surface area contributed by atoms with Crippen molar-refractivity contribution in [2.45, 2.75) is 45.4 Å². The molecule has 5 nitrogen and oxygen atoms in total. The van der Waals surface area contributed by atoms with Gasteiger partial charge in [-0.2, -0.15) is 4.57 Å². The molecule has 5 aromatic rings. The molecule has 1 N–H and O–H groups in total. The van der Waals surface area contributed by atoms with Crippen LogP contribution in [0, 0.1) is 6.92 Å². The molecule has 5 rings (SSSR count). The molecule has 0 aliphatic rings. The Balaban J connectivity index is 1.38. The SMILES string of the molecule is Cc1ccc(C(C)(C)c2ccc(OP(=O)(Oc3ccccc3)Oc3ccc(C(C)(C)c4ccc(O)cc4)cc3)cc2)cc1. The summed E-state index contributed by atoms with van der Waals surface area (Å²) in [4.78, 5) is 0. The summed E-state index contributed by atoms with van der Waals surface area (Å²) in [5.74, 6) is 1.31. The van der Waals surface area contributed by atoms with Crippen LogP contribution in [0.2, 0.25) is 0 Å². The Hall–Kier alpha value is -4.47. The van der Waals surface area contributed by atoms with Crippen LogP contribution in [0.5, 0.6) is 23.0 Å². The highest BCUT2D eigenvalue weighted by Gasteiger charge is 2.34. The summed E-state index contributed by atoms with van der Waals surface area (Å²) in [6, 6.07) is 39.4. The maximum Gasteiger partial charge on any atom is 0.647 e. The standard InChI is InChI=1S/C37H37O5P/c1-27-11-13-28(14-12-27)36(2,3)30-17-23-34(24-18-30)41-43(39,40-33-9-7-6-8-10-33)42-35-25-19-31(20-26-35)37(4,5)29-15-21-32(38)22-16-29/h6-26,38H,1-5H3. The lowest BCUT2D eigenvalue weighted by Crippen LogP contribution is -2.18. The summed E-state index contributed by atoms with van der Waals surface area (Å²) in [7, 11) is -4.15. The molecule has 1 atom stereocenters. The van der Waals surface area contributed by atoms with Crippen LogP contribution in [0.4, 0.5) is 0 Å². The van der Waals surface area contributed by atoms with E-state index >= 15 is 0 Å². The fraction of sp³-hybridized carbons (Fsp3) is 0.189. The van der Waals surface area contributed by atoms with Crippen LogP contribution < -0.4 is 13.6 Å². The Kier molecular flexibility index (Phi) is 8.39. The van der Waals surface area contributed by atoms with Crippen molar-refractivity contribution >= 4 is 7.82 Å². The molecule has 0 radical (unpaired) electrons. The van der Waals surface area contributed by atoms with Crippen LogP contribution in [-0.4, -0.2) is 5.11 Å². The van der Waals surface area contributed by atoms with Gasteiger partial charge in [-0.1, -0.05) is 112 Å². The number of hydrogen-bond acceptors (Lipinski definition) is 5. The smallest absolute Gasteiger partial charge is 0.508 e. The second-order valence-corrected chi connectivity index (χ2v) is 13.2. The average Bonchev–Trinajstić information content (AvgIpc) is 2.98. The van der Waals surface area contributed by atoms with Crippen molar-refractivity contribution in [3.05, 3.63) is 155 Å². The Bertz CT molecular complexity index is 1580. The minimum absolute atomic E-state index is 0.224. The number of phenolic OH excluding ortho intramolecular Hbond substituents is 1. The van der Waals surface area contributed by atoms with Crippen molar-refractivity contribution in [3.63, 3.8) is 0 Å². The average molecular weight is 593 g/mol. The third kappa shape index (κ3) is 6.96. The highest BCUT2D eigenvalue weighted by molar-refractivity contribution is 7.49. The van der Waals surface area contributed by atoms with Crippen molar-refractivity contribution in [3.8, 4) is 23.0 Å². The van der Waals surface area contributed by atoms with Gasteiger partial charge in [0.2, 0.25) is 0 Å². The van der Waals surface area contributed by atoms with Crippen LogP contribution in [0.3, 0.4) is 0 Å². The molecular weight excluding hydrogens is 555 g/mol. The van der Waals surface area contributed by atoms with Crippen molar-refractivity contribution < 1.29 is 23.2 Å². The Morgan fingerprint density at radius 3 is 1.21 bits per heavy atom. The maximum atomic E-state index is 14.1. The Morgan fingerprint density at radius 2 is 0.814 bits per heavy atom. The monoisotopic (exact) mass is 592 g/mol. The predicted molar refractivity (Wildman–Crippen MR) is 172 cm³/mol. The van der Waals surface area contributed by atoms with E-state index in [2.05, 4.69) is 58.9 Å². The molecule has 6 heteroatoms. The summed E-state index contributed by atoms with van der Waals surface area (Å²) in [6.45, 7) is 10.6. The third-order valence-electron chi connectivity index (χ3n) is 7.91. The molecule has 0 aromatic heterocycles. The second-order valence-electron chi connectivity index (χ2n) is 11.7. The molecule has 0 heterocycles. The van der Waals surface area contributed by atoms with Gasteiger partial charge in [0.1, 0.15) is 23.0 Å².